The maximum absolute atomic E-state index is 13.6. The van der Waals surface area contributed by atoms with Gasteiger partial charge in [0.25, 0.3) is 5.91 Å². The first-order chi connectivity index (χ1) is 20.1. The Morgan fingerprint density at radius 2 is 1.85 bits per heavy atom. The van der Waals surface area contributed by atoms with Crippen LogP contribution in [0, 0.1) is 0 Å². The summed E-state index contributed by atoms with van der Waals surface area (Å²) in [5.74, 6) is 1.09. The zero-order valence-electron chi connectivity index (χ0n) is 22.8. The van der Waals surface area contributed by atoms with Crippen LogP contribution in [0.15, 0.2) is 69.8 Å². The van der Waals surface area contributed by atoms with E-state index in [0.717, 1.165) is 23.6 Å². The highest BCUT2D eigenvalue weighted by Crippen LogP contribution is 2.34. The lowest BCUT2D eigenvalue weighted by molar-refractivity contribution is -0.154. The van der Waals surface area contributed by atoms with Gasteiger partial charge in [0.2, 0.25) is 13.1 Å². The van der Waals surface area contributed by atoms with Crippen LogP contribution in [0.2, 0.25) is 0 Å². The van der Waals surface area contributed by atoms with Gasteiger partial charge < -0.3 is 33.4 Å². The minimum Gasteiger partial charge on any atom is -0.464 e. The number of nitrogens with zero attached hydrogens (tertiary/aromatic N) is 2. The van der Waals surface area contributed by atoms with E-state index in [0.29, 0.717) is 68.6 Å². The zero-order chi connectivity index (χ0) is 28.2. The number of benzene rings is 2. The Balaban J connectivity index is 1.15. The third kappa shape index (κ3) is 6.09. The smallest absolute Gasteiger partial charge is 0.288 e. The average Bonchev–Trinajstić information content (AvgIpc) is 3.48. The molecule has 1 amide bonds. The molecule has 216 valence electrons. The molecule has 0 saturated carbocycles. The quantitative estimate of drug-likeness (QED) is 0.393. The third-order valence-electron chi connectivity index (χ3n) is 7.73. The molecular formula is C31H34N2O8. The minimum atomic E-state index is -0.694. The number of aliphatic hydroxyl groups excluding tert-OH is 1. The van der Waals surface area contributed by atoms with Gasteiger partial charge in [-0.25, -0.2) is 0 Å². The zero-order valence-corrected chi connectivity index (χ0v) is 22.8. The van der Waals surface area contributed by atoms with Crippen LogP contribution in [0.5, 0.6) is 11.5 Å². The van der Waals surface area contributed by atoms with Crippen molar-refractivity contribution in [1.82, 2.24) is 9.80 Å². The summed E-state index contributed by atoms with van der Waals surface area (Å²) >= 11 is 0. The highest BCUT2D eigenvalue weighted by atomic mass is 16.7. The lowest BCUT2D eigenvalue weighted by Gasteiger charge is -2.36. The summed E-state index contributed by atoms with van der Waals surface area (Å²) in [6.07, 6.45) is 4.18. The van der Waals surface area contributed by atoms with Crippen molar-refractivity contribution in [2.24, 2.45) is 0 Å². The molecule has 6 rings (SSSR count). The van der Waals surface area contributed by atoms with Crippen LogP contribution in [0.4, 0.5) is 0 Å². The fourth-order valence-electron chi connectivity index (χ4n) is 5.47. The third-order valence-corrected chi connectivity index (χ3v) is 7.73. The fourth-order valence-corrected chi connectivity index (χ4v) is 5.47. The Kier molecular flexibility index (Phi) is 8.22. The Hall–Kier alpha value is -3.86. The molecule has 1 N–H and O–H groups in total. The van der Waals surface area contributed by atoms with Crippen molar-refractivity contribution in [1.29, 1.82) is 0 Å². The Morgan fingerprint density at radius 1 is 1.02 bits per heavy atom. The topological polar surface area (TPSA) is 111 Å². The van der Waals surface area contributed by atoms with Gasteiger partial charge in [0.1, 0.15) is 5.58 Å². The van der Waals surface area contributed by atoms with Crippen LogP contribution >= 0.6 is 0 Å². The van der Waals surface area contributed by atoms with Gasteiger partial charge in [-0.2, -0.15) is 0 Å². The normalized spacial score (nSPS) is 20.6. The molecule has 3 aliphatic heterocycles. The van der Waals surface area contributed by atoms with E-state index in [1.807, 2.05) is 24.3 Å². The van der Waals surface area contributed by atoms with Gasteiger partial charge in [0.05, 0.1) is 18.3 Å². The average molecular weight is 563 g/mol. The number of aliphatic hydroxyl groups is 1. The van der Waals surface area contributed by atoms with Gasteiger partial charge in [-0.3, -0.25) is 14.5 Å². The fraction of sp³-hybridized carbons (Fsp3) is 0.419. The van der Waals surface area contributed by atoms with Crippen molar-refractivity contribution in [3.63, 3.8) is 0 Å². The Bertz CT molecular complexity index is 1480. The monoisotopic (exact) mass is 562 g/mol. The van der Waals surface area contributed by atoms with Crippen molar-refractivity contribution in [2.45, 2.75) is 38.0 Å². The molecule has 0 aliphatic carbocycles. The van der Waals surface area contributed by atoms with Gasteiger partial charge in [0, 0.05) is 57.2 Å². The van der Waals surface area contributed by atoms with Crippen molar-refractivity contribution in [3.8, 4) is 11.5 Å². The van der Waals surface area contributed by atoms with Crippen LogP contribution in [0.1, 0.15) is 36.3 Å². The van der Waals surface area contributed by atoms with Crippen molar-refractivity contribution in [3.05, 3.63) is 81.9 Å². The number of unbranched alkanes of at least 4 members (excludes halogenated alkanes) is 1. The molecule has 41 heavy (non-hydrogen) atoms. The molecule has 1 aromatic heterocycles. The van der Waals surface area contributed by atoms with E-state index in [4.69, 9.17) is 28.5 Å². The highest BCUT2D eigenvalue weighted by Gasteiger charge is 2.33. The minimum absolute atomic E-state index is 0.0833. The van der Waals surface area contributed by atoms with E-state index in [-0.39, 0.29) is 30.5 Å². The van der Waals surface area contributed by atoms with Gasteiger partial charge in [-0.1, -0.05) is 18.2 Å². The van der Waals surface area contributed by atoms with Crippen LogP contribution in [-0.2, 0) is 20.8 Å². The molecule has 0 unspecified atom stereocenters. The summed E-state index contributed by atoms with van der Waals surface area (Å²) in [6, 6.07) is 13.1. The SMILES string of the molecule is O=C(C1=C[C@H](c2coc3ccccc3c2=O)C[C@H](OCCCCO)O1)N1CCN(Cc2ccc3c(c2)OCO3)CC1. The van der Waals surface area contributed by atoms with E-state index < -0.39 is 12.2 Å². The molecule has 2 atom stereocenters. The maximum Gasteiger partial charge on any atom is 0.288 e. The van der Waals surface area contributed by atoms with E-state index in [2.05, 4.69) is 4.90 Å². The summed E-state index contributed by atoms with van der Waals surface area (Å²) in [5, 5.41) is 9.60. The lowest BCUT2D eigenvalue weighted by atomic mass is 9.93. The number of amides is 1. The predicted octanol–water partition coefficient (Wildman–Crippen LogP) is 3.37. The Labute approximate surface area is 237 Å². The number of hydrogen-bond acceptors (Lipinski definition) is 9. The van der Waals surface area contributed by atoms with Crippen molar-refractivity contribution < 1.29 is 33.3 Å². The number of carbonyl (C=O) groups is 1. The summed E-state index contributed by atoms with van der Waals surface area (Å²) < 4.78 is 28.7. The van der Waals surface area contributed by atoms with Gasteiger partial charge in [-0.05, 0) is 48.7 Å². The number of ether oxygens (including phenoxy) is 4. The largest absolute Gasteiger partial charge is 0.464 e. The second kappa shape index (κ2) is 12.3. The molecule has 0 bridgehead atoms. The van der Waals surface area contributed by atoms with Crippen molar-refractivity contribution >= 4 is 16.9 Å². The highest BCUT2D eigenvalue weighted by molar-refractivity contribution is 5.92. The van der Waals surface area contributed by atoms with E-state index >= 15 is 0 Å². The second-order valence-electron chi connectivity index (χ2n) is 10.5. The van der Waals surface area contributed by atoms with Gasteiger partial charge in [0.15, 0.2) is 22.7 Å². The molecule has 10 nitrogen and oxygen atoms in total. The molecular weight excluding hydrogens is 528 g/mol. The molecule has 1 fully saturated rings. The van der Waals surface area contributed by atoms with Crippen LogP contribution in [0.3, 0.4) is 0 Å². The number of fused-ring (bicyclic) bond motifs is 2. The van der Waals surface area contributed by atoms with Crippen LogP contribution in [0.25, 0.3) is 11.0 Å². The summed E-state index contributed by atoms with van der Waals surface area (Å²) in [4.78, 5) is 31.1. The van der Waals surface area contributed by atoms with E-state index in [1.165, 1.54) is 6.26 Å². The molecule has 0 radical (unpaired) electrons. The first-order valence-corrected chi connectivity index (χ1v) is 14.1. The molecule has 0 spiro atoms. The summed E-state index contributed by atoms with van der Waals surface area (Å²) in [5.41, 5.74) is 1.99. The number of rotatable bonds is 9. The maximum atomic E-state index is 13.6. The standard InChI is InChI=1S/C31H34N2O8/c34-13-3-4-14-37-29-17-22(24-19-38-25-6-2-1-5-23(25)30(24)35)16-28(41-29)31(36)33-11-9-32(10-12-33)18-21-7-8-26-27(15-21)40-20-39-26/h1-2,5-8,15-16,19,22,29,34H,3-4,9-14,17-18,20H2/t22-,29+/m0/s1. The van der Waals surface area contributed by atoms with E-state index in [9.17, 15) is 9.59 Å². The van der Waals surface area contributed by atoms with Crippen molar-refractivity contribution in [2.75, 3.05) is 46.2 Å². The lowest BCUT2D eigenvalue weighted by Crippen LogP contribution is -2.49. The summed E-state index contributed by atoms with van der Waals surface area (Å²) in [6.45, 7) is 3.99. The first kappa shape index (κ1) is 27.3. The Morgan fingerprint density at radius 3 is 2.71 bits per heavy atom. The second-order valence-corrected chi connectivity index (χ2v) is 10.5. The molecule has 10 heteroatoms. The summed E-state index contributed by atoms with van der Waals surface area (Å²) in [7, 11) is 0. The number of para-hydroxylation sites is 1. The number of hydrogen-bond donors (Lipinski definition) is 1. The number of carbonyl (C=O) groups excluding carboxylic acids is 1. The van der Waals surface area contributed by atoms with Gasteiger partial charge >= 0.3 is 0 Å². The van der Waals surface area contributed by atoms with Crippen LogP contribution in [-0.4, -0.2) is 73.3 Å². The van der Waals surface area contributed by atoms with Gasteiger partial charge in [-0.15, -0.1) is 0 Å². The number of allylic oxidation sites excluding steroid dienone is 1. The molecule has 2 aromatic carbocycles. The number of piperazine rings is 1. The first-order valence-electron chi connectivity index (χ1n) is 14.1. The predicted molar refractivity (Wildman–Crippen MR) is 149 cm³/mol. The molecule has 3 aromatic rings. The molecule has 3 aliphatic rings. The molecule has 1 saturated heterocycles. The molecule has 4 heterocycles. The van der Waals surface area contributed by atoms with E-state index in [1.54, 1.807) is 29.2 Å². The van der Waals surface area contributed by atoms with Crippen LogP contribution < -0.4 is 14.9 Å².